The Morgan fingerprint density at radius 3 is 2.71 bits per heavy atom. The van der Waals surface area contributed by atoms with Crippen LogP contribution in [0.4, 0.5) is 0 Å². The van der Waals surface area contributed by atoms with Gasteiger partial charge in [-0.05, 0) is 50.0 Å². The third kappa shape index (κ3) is 4.11. The number of likely N-dealkylation sites (tertiary alicyclic amines) is 1. The third-order valence-corrected chi connectivity index (χ3v) is 8.48. The van der Waals surface area contributed by atoms with Gasteiger partial charge in [0.05, 0.1) is 30.7 Å². The molecule has 10 nitrogen and oxygen atoms in total. The van der Waals surface area contributed by atoms with Crippen molar-refractivity contribution in [3.63, 3.8) is 0 Å². The summed E-state index contributed by atoms with van der Waals surface area (Å²) in [6.45, 7) is 3.43. The summed E-state index contributed by atoms with van der Waals surface area (Å²) in [5.41, 5.74) is 2.78. The number of para-hydroxylation sites is 1. The van der Waals surface area contributed by atoms with E-state index in [2.05, 4.69) is 25.7 Å². The van der Waals surface area contributed by atoms with E-state index in [0.717, 1.165) is 79.5 Å². The first kappa shape index (κ1) is 23.6. The molecule has 3 aliphatic rings. The Kier molecular flexibility index (Phi) is 5.98. The van der Waals surface area contributed by atoms with Crippen LogP contribution in [-0.2, 0) is 11.3 Å². The average Bonchev–Trinajstić information content (AvgIpc) is 3.62. The lowest BCUT2D eigenvalue weighted by Crippen LogP contribution is -2.34. The number of imidazole rings is 1. The van der Waals surface area contributed by atoms with Crippen molar-refractivity contribution in [2.45, 2.75) is 44.2 Å². The van der Waals surface area contributed by atoms with E-state index in [9.17, 15) is 4.79 Å². The number of thiophene rings is 1. The normalized spacial score (nSPS) is 21.5. The molecule has 2 atom stereocenters. The van der Waals surface area contributed by atoms with Gasteiger partial charge in [0, 0.05) is 18.1 Å². The molecule has 3 aromatic heterocycles. The van der Waals surface area contributed by atoms with Crippen molar-refractivity contribution in [3.8, 4) is 17.4 Å². The van der Waals surface area contributed by atoms with Crippen molar-refractivity contribution in [1.29, 1.82) is 0 Å². The molecule has 0 aliphatic carbocycles. The first-order chi connectivity index (χ1) is 18.7. The molecule has 0 bridgehead atoms. The lowest BCUT2D eigenvalue weighted by molar-refractivity contribution is -0.0991. The minimum Gasteiger partial charge on any atom is -0.480 e. The predicted molar refractivity (Wildman–Crippen MR) is 139 cm³/mol. The van der Waals surface area contributed by atoms with Crippen molar-refractivity contribution < 1.29 is 23.7 Å². The van der Waals surface area contributed by atoms with Crippen LogP contribution in [0.25, 0.3) is 10.3 Å². The van der Waals surface area contributed by atoms with Gasteiger partial charge in [-0.1, -0.05) is 12.1 Å². The standard InChI is InChI=1S/C27H27N5O5S/c1-34-23-6-5-19(29-30-23)27-36-21-4-2-3-18(25(21)37-27)16-7-10-31(11-8-16)14-22-28-26-20(13-17(15-33)38-26)32(22)24-9-12-35-24/h2-6,13,15-16,24,27H,7-12,14H2,1H3. The number of carbonyl (C=O) groups is 1. The first-order valence-electron chi connectivity index (χ1n) is 12.8. The summed E-state index contributed by atoms with van der Waals surface area (Å²) in [5.74, 6) is 3.37. The molecule has 2 fully saturated rings. The Morgan fingerprint density at radius 1 is 1.13 bits per heavy atom. The van der Waals surface area contributed by atoms with Crippen LogP contribution < -0.4 is 14.2 Å². The van der Waals surface area contributed by atoms with Gasteiger partial charge in [0.2, 0.25) is 5.88 Å². The number of hydrogen-bond donors (Lipinski definition) is 0. The van der Waals surface area contributed by atoms with Gasteiger partial charge in [-0.3, -0.25) is 14.3 Å². The summed E-state index contributed by atoms with van der Waals surface area (Å²) in [4.78, 5) is 20.2. The Hall–Kier alpha value is -3.54. The molecule has 4 aromatic rings. The van der Waals surface area contributed by atoms with Crippen LogP contribution in [0.3, 0.4) is 0 Å². The number of fused-ring (bicyclic) bond motifs is 2. The Bertz CT molecular complexity index is 1470. The summed E-state index contributed by atoms with van der Waals surface area (Å²) in [7, 11) is 1.56. The van der Waals surface area contributed by atoms with Crippen LogP contribution in [0, 0.1) is 0 Å². The molecule has 11 heteroatoms. The predicted octanol–water partition coefficient (Wildman–Crippen LogP) is 4.48. The van der Waals surface area contributed by atoms with E-state index in [1.807, 2.05) is 24.3 Å². The molecular formula is C27H27N5O5S. The molecule has 3 aliphatic heterocycles. The fourth-order valence-corrected chi connectivity index (χ4v) is 6.33. The van der Waals surface area contributed by atoms with E-state index in [0.29, 0.717) is 22.4 Å². The largest absolute Gasteiger partial charge is 0.480 e. The molecule has 0 N–H and O–H groups in total. The number of ether oxygens (including phenoxy) is 4. The van der Waals surface area contributed by atoms with Crippen LogP contribution in [0.5, 0.6) is 17.4 Å². The maximum absolute atomic E-state index is 11.3. The molecule has 6 heterocycles. The van der Waals surface area contributed by atoms with Gasteiger partial charge in [0.25, 0.3) is 6.29 Å². The SMILES string of the molecule is COc1ccc(C2Oc3cccc(C4CCN(Cc5nc6sc(C=O)cc6n5C5CCO5)CC4)c3O2)nn1. The zero-order valence-corrected chi connectivity index (χ0v) is 21.7. The number of hydrogen-bond acceptors (Lipinski definition) is 10. The third-order valence-electron chi connectivity index (χ3n) is 7.53. The maximum Gasteiger partial charge on any atom is 0.286 e. The number of carbonyl (C=O) groups excluding carboxylic acids is 1. The number of nitrogens with zero attached hydrogens (tertiary/aromatic N) is 5. The second kappa shape index (κ2) is 9.64. The van der Waals surface area contributed by atoms with Crippen molar-refractivity contribution in [3.05, 3.63) is 58.4 Å². The Labute approximate surface area is 223 Å². The van der Waals surface area contributed by atoms with E-state index >= 15 is 0 Å². The minimum absolute atomic E-state index is 0.00836. The molecule has 0 radical (unpaired) electrons. The van der Waals surface area contributed by atoms with Crippen LogP contribution >= 0.6 is 11.3 Å². The van der Waals surface area contributed by atoms with Gasteiger partial charge in [0.15, 0.2) is 17.8 Å². The summed E-state index contributed by atoms with van der Waals surface area (Å²) in [6, 6.07) is 11.6. The maximum atomic E-state index is 11.3. The summed E-state index contributed by atoms with van der Waals surface area (Å²) < 4.78 is 25.4. The van der Waals surface area contributed by atoms with E-state index in [1.54, 1.807) is 13.2 Å². The van der Waals surface area contributed by atoms with E-state index in [-0.39, 0.29) is 6.23 Å². The lowest BCUT2D eigenvalue weighted by Gasteiger charge is -2.34. The molecule has 2 unspecified atom stereocenters. The fourth-order valence-electron chi connectivity index (χ4n) is 5.48. The van der Waals surface area contributed by atoms with Crippen LogP contribution in [0.1, 0.15) is 64.5 Å². The van der Waals surface area contributed by atoms with Crippen LogP contribution in [0.15, 0.2) is 36.4 Å². The van der Waals surface area contributed by atoms with Crippen molar-refractivity contribution >= 4 is 28.0 Å². The van der Waals surface area contributed by atoms with E-state index < -0.39 is 6.29 Å². The molecule has 196 valence electrons. The Morgan fingerprint density at radius 2 is 2.00 bits per heavy atom. The Balaban J connectivity index is 1.04. The molecule has 0 amide bonds. The number of benzene rings is 1. The average molecular weight is 534 g/mol. The van der Waals surface area contributed by atoms with Gasteiger partial charge >= 0.3 is 0 Å². The highest BCUT2D eigenvalue weighted by atomic mass is 32.1. The number of piperidine rings is 1. The van der Waals surface area contributed by atoms with Gasteiger partial charge in [-0.2, -0.15) is 0 Å². The van der Waals surface area contributed by atoms with Crippen molar-refractivity contribution in [2.24, 2.45) is 0 Å². The highest BCUT2D eigenvalue weighted by molar-refractivity contribution is 7.20. The first-order valence-corrected chi connectivity index (χ1v) is 13.7. The molecule has 0 spiro atoms. The highest BCUT2D eigenvalue weighted by Crippen LogP contribution is 2.47. The monoisotopic (exact) mass is 533 g/mol. The summed E-state index contributed by atoms with van der Waals surface area (Å²) in [6.07, 6.45) is 3.27. The van der Waals surface area contributed by atoms with Gasteiger partial charge in [0.1, 0.15) is 22.6 Å². The number of aldehydes is 1. The van der Waals surface area contributed by atoms with Crippen molar-refractivity contribution in [1.82, 2.24) is 24.6 Å². The van der Waals surface area contributed by atoms with Crippen LogP contribution in [0.2, 0.25) is 0 Å². The minimum atomic E-state index is -0.620. The lowest BCUT2D eigenvalue weighted by atomic mass is 9.88. The van der Waals surface area contributed by atoms with Crippen molar-refractivity contribution in [2.75, 3.05) is 26.8 Å². The number of aromatic nitrogens is 4. The number of rotatable bonds is 7. The fraction of sp³-hybridized carbons (Fsp3) is 0.407. The van der Waals surface area contributed by atoms with Gasteiger partial charge in [-0.25, -0.2) is 4.98 Å². The summed E-state index contributed by atoms with van der Waals surface area (Å²) in [5, 5.41) is 8.23. The quantitative estimate of drug-likeness (QED) is 0.318. The van der Waals surface area contributed by atoms with Gasteiger partial charge < -0.3 is 18.9 Å². The molecule has 38 heavy (non-hydrogen) atoms. The highest BCUT2D eigenvalue weighted by Gasteiger charge is 2.34. The zero-order valence-electron chi connectivity index (χ0n) is 20.9. The smallest absolute Gasteiger partial charge is 0.286 e. The molecular weight excluding hydrogens is 506 g/mol. The second-order valence-corrected chi connectivity index (χ2v) is 10.8. The van der Waals surface area contributed by atoms with Crippen LogP contribution in [-0.4, -0.2) is 57.7 Å². The molecule has 2 saturated heterocycles. The summed E-state index contributed by atoms with van der Waals surface area (Å²) >= 11 is 1.44. The molecule has 0 saturated carbocycles. The molecule has 1 aromatic carbocycles. The van der Waals surface area contributed by atoms with E-state index in [4.69, 9.17) is 23.9 Å². The van der Waals surface area contributed by atoms with E-state index in [1.165, 1.54) is 16.9 Å². The van der Waals surface area contributed by atoms with Gasteiger partial charge in [-0.15, -0.1) is 21.5 Å². The second-order valence-electron chi connectivity index (χ2n) is 9.76. The zero-order chi connectivity index (χ0) is 25.6. The topological polar surface area (TPSA) is 101 Å². The molecule has 7 rings (SSSR count). The number of methoxy groups -OCH3 is 1.